The van der Waals surface area contributed by atoms with Crippen LogP contribution in [0.1, 0.15) is 52.0 Å². The Hall–Kier alpha value is -1.38. The number of carbonyl (C=O) groups is 1. The van der Waals surface area contributed by atoms with Crippen molar-refractivity contribution in [3.05, 3.63) is 35.6 Å². The number of nitrogens with zero attached hydrogens (tertiary/aromatic N) is 1. The summed E-state index contributed by atoms with van der Waals surface area (Å²) < 4.78 is 13.1. The number of amides is 1. The third kappa shape index (κ3) is 5.32. The van der Waals surface area contributed by atoms with Gasteiger partial charge in [0.2, 0.25) is 5.91 Å². The second-order valence-corrected chi connectivity index (χ2v) is 5.33. The molecular weight excluding hydrogens is 253 g/mol. The fourth-order valence-corrected chi connectivity index (χ4v) is 2.23. The molecule has 1 rings (SSSR count). The first-order valence-corrected chi connectivity index (χ1v) is 7.62. The molecule has 1 atom stereocenters. The monoisotopic (exact) mass is 279 g/mol. The first-order chi connectivity index (χ1) is 9.58. The van der Waals surface area contributed by atoms with E-state index in [-0.39, 0.29) is 17.8 Å². The molecule has 0 radical (unpaired) electrons. The number of rotatable bonds is 8. The van der Waals surface area contributed by atoms with Crippen molar-refractivity contribution in [2.45, 2.75) is 58.9 Å². The van der Waals surface area contributed by atoms with Crippen LogP contribution in [0.2, 0.25) is 0 Å². The van der Waals surface area contributed by atoms with Gasteiger partial charge in [0.25, 0.3) is 0 Å². The van der Waals surface area contributed by atoms with Crippen molar-refractivity contribution in [3.8, 4) is 0 Å². The van der Waals surface area contributed by atoms with Crippen molar-refractivity contribution in [1.82, 2.24) is 4.90 Å². The zero-order chi connectivity index (χ0) is 15.0. The highest BCUT2D eigenvalue weighted by atomic mass is 19.1. The zero-order valence-corrected chi connectivity index (χ0v) is 12.9. The minimum absolute atomic E-state index is 0.178. The summed E-state index contributed by atoms with van der Waals surface area (Å²) in [5.74, 6) is -0.0585. The van der Waals surface area contributed by atoms with Crippen LogP contribution < -0.4 is 0 Å². The molecule has 2 nitrogen and oxygen atoms in total. The van der Waals surface area contributed by atoms with Gasteiger partial charge in [-0.15, -0.1) is 0 Å². The maximum Gasteiger partial charge on any atom is 0.223 e. The van der Waals surface area contributed by atoms with Crippen molar-refractivity contribution in [2.24, 2.45) is 0 Å². The molecule has 0 aliphatic rings. The first kappa shape index (κ1) is 16.7. The standard InChI is InChI=1S/C17H26FNO/c1-4-6-12-19(14(3)5-2)17(20)11-10-15-8-7-9-16(18)13-15/h7-9,13-14H,4-6,10-12H2,1-3H3. The van der Waals surface area contributed by atoms with Crippen LogP contribution in [-0.2, 0) is 11.2 Å². The molecule has 1 aromatic rings. The van der Waals surface area contributed by atoms with Gasteiger partial charge in [-0.3, -0.25) is 4.79 Å². The summed E-state index contributed by atoms with van der Waals surface area (Å²) in [6.07, 6.45) is 4.16. The normalized spacial score (nSPS) is 12.2. The number of benzene rings is 1. The maximum atomic E-state index is 13.1. The summed E-state index contributed by atoms with van der Waals surface area (Å²) in [5, 5.41) is 0. The van der Waals surface area contributed by atoms with Gasteiger partial charge in [-0.05, 0) is 43.9 Å². The molecule has 1 aromatic carbocycles. The predicted molar refractivity (Wildman–Crippen MR) is 81.1 cm³/mol. The molecule has 112 valence electrons. The lowest BCUT2D eigenvalue weighted by Crippen LogP contribution is -2.39. The molecule has 0 N–H and O–H groups in total. The third-order valence-electron chi connectivity index (χ3n) is 3.71. The van der Waals surface area contributed by atoms with E-state index in [0.717, 1.165) is 31.4 Å². The number of unbranched alkanes of at least 4 members (excludes halogenated alkanes) is 1. The molecule has 0 heterocycles. The molecule has 0 aliphatic carbocycles. The summed E-state index contributed by atoms with van der Waals surface area (Å²) in [6, 6.07) is 6.78. The van der Waals surface area contributed by atoms with E-state index < -0.39 is 0 Å². The van der Waals surface area contributed by atoms with Crippen LogP contribution in [0.25, 0.3) is 0 Å². The van der Waals surface area contributed by atoms with Crippen molar-refractivity contribution in [3.63, 3.8) is 0 Å². The number of carbonyl (C=O) groups excluding carboxylic acids is 1. The highest BCUT2D eigenvalue weighted by Crippen LogP contribution is 2.11. The highest BCUT2D eigenvalue weighted by Gasteiger charge is 2.17. The maximum absolute atomic E-state index is 13.1. The number of hydrogen-bond acceptors (Lipinski definition) is 1. The van der Waals surface area contributed by atoms with Crippen LogP contribution in [0.5, 0.6) is 0 Å². The average Bonchev–Trinajstić information content (AvgIpc) is 2.45. The van der Waals surface area contributed by atoms with Crippen molar-refractivity contribution >= 4 is 5.91 Å². The Kier molecular flexibility index (Phi) is 7.27. The average molecular weight is 279 g/mol. The number of halogens is 1. The molecule has 0 spiro atoms. The van der Waals surface area contributed by atoms with Crippen LogP contribution in [-0.4, -0.2) is 23.4 Å². The van der Waals surface area contributed by atoms with E-state index >= 15 is 0 Å². The summed E-state index contributed by atoms with van der Waals surface area (Å²) in [4.78, 5) is 14.3. The van der Waals surface area contributed by atoms with Gasteiger partial charge < -0.3 is 4.90 Å². The molecule has 3 heteroatoms. The summed E-state index contributed by atoms with van der Waals surface area (Å²) in [7, 11) is 0. The molecule has 1 unspecified atom stereocenters. The lowest BCUT2D eigenvalue weighted by Gasteiger charge is -2.28. The molecule has 20 heavy (non-hydrogen) atoms. The minimum atomic E-state index is -0.236. The van der Waals surface area contributed by atoms with Gasteiger partial charge >= 0.3 is 0 Å². The van der Waals surface area contributed by atoms with E-state index in [1.807, 2.05) is 11.0 Å². The Labute approximate surface area is 122 Å². The Morgan fingerprint density at radius 1 is 1.35 bits per heavy atom. The molecular formula is C17H26FNO. The quantitative estimate of drug-likeness (QED) is 0.699. The topological polar surface area (TPSA) is 20.3 Å². The molecule has 0 saturated carbocycles. The smallest absolute Gasteiger partial charge is 0.223 e. The van der Waals surface area contributed by atoms with E-state index in [1.54, 1.807) is 6.07 Å². The summed E-state index contributed by atoms with van der Waals surface area (Å²) in [5.41, 5.74) is 0.887. The second kappa shape index (κ2) is 8.72. The Bertz CT molecular complexity index is 419. The Balaban J connectivity index is 2.57. The van der Waals surface area contributed by atoms with Gasteiger partial charge in [0.15, 0.2) is 0 Å². The minimum Gasteiger partial charge on any atom is -0.340 e. The van der Waals surface area contributed by atoms with E-state index in [4.69, 9.17) is 0 Å². The number of hydrogen-bond donors (Lipinski definition) is 0. The molecule has 1 amide bonds. The van der Waals surface area contributed by atoms with Crippen LogP contribution in [0.3, 0.4) is 0 Å². The van der Waals surface area contributed by atoms with Gasteiger partial charge in [0, 0.05) is 19.0 Å². The van der Waals surface area contributed by atoms with Crippen molar-refractivity contribution in [1.29, 1.82) is 0 Å². The molecule has 0 aromatic heterocycles. The van der Waals surface area contributed by atoms with Crippen LogP contribution >= 0.6 is 0 Å². The number of aryl methyl sites for hydroxylation is 1. The van der Waals surface area contributed by atoms with E-state index in [1.165, 1.54) is 12.1 Å². The lowest BCUT2D eigenvalue weighted by atomic mass is 10.1. The molecule has 0 saturated heterocycles. The Morgan fingerprint density at radius 2 is 2.10 bits per heavy atom. The molecule has 0 aliphatic heterocycles. The van der Waals surface area contributed by atoms with E-state index in [9.17, 15) is 9.18 Å². The fraction of sp³-hybridized carbons (Fsp3) is 0.588. The lowest BCUT2D eigenvalue weighted by molar-refractivity contribution is -0.133. The van der Waals surface area contributed by atoms with Crippen molar-refractivity contribution in [2.75, 3.05) is 6.54 Å². The summed E-state index contributed by atoms with van der Waals surface area (Å²) in [6.45, 7) is 7.15. The summed E-state index contributed by atoms with van der Waals surface area (Å²) >= 11 is 0. The largest absolute Gasteiger partial charge is 0.340 e. The van der Waals surface area contributed by atoms with Crippen LogP contribution in [0, 0.1) is 5.82 Å². The highest BCUT2D eigenvalue weighted by molar-refractivity contribution is 5.76. The van der Waals surface area contributed by atoms with Gasteiger partial charge in [-0.1, -0.05) is 32.4 Å². The Morgan fingerprint density at radius 3 is 2.70 bits per heavy atom. The zero-order valence-electron chi connectivity index (χ0n) is 12.9. The second-order valence-electron chi connectivity index (χ2n) is 5.33. The van der Waals surface area contributed by atoms with E-state index in [2.05, 4.69) is 20.8 Å². The van der Waals surface area contributed by atoms with Crippen LogP contribution in [0.15, 0.2) is 24.3 Å². The van der Waals surface area contributed by atoms with Gasteiger partial charge in [-0.2, -0.15) is 0 Å². The van der Waals surface area contributed by atoms with E-state index in [0.29, 0.717) is 12.8 Å². The van der Waals surface area contributed by atoms with Crippen molar-refractivity contribution < 1.29 is 9.18 Å². The molecule has 0 fully saturated rings. The van der Waals surface area contributed by atoms with Gasteiger partial charge in [0.05, 0.1) is 0 Å². The van der Waals surface area contributed by atoms with Gasteiger partial charge in [0.1, 0.15) is 5.82 Å². The SMILES string of the molecule is CCCCN(C(=O)CCc1cccc(F)c1)C(C)CC. The molecule has 0 bridgehead atoms. The van der Waals surface area contributed by atoms with Gasteiger partial charge in [-0.25, -0.2) is 4.39 Å². The van der Waals surface area contributed by atoms with Crippen LogP contribution in [0.4, 0.5) is 4.39 Å². The predicted octanol–water partition coefficient (Wildman–Crippen LogP) is 4.19. The fourth-order valence-electron chi connectivity index (χ4n) is 2.23. The first-order valence-electron chi connectivity index (χ1n) is 7.62. The third-order valence-corrected chi connectivity index (χ3v) is 3.71.